The van der Waals surface area contributed by atoms with Gasteiger partial charge in [0.2, 0.25) is 5.91 Å². The number of ether oxygens (including phenoxy) is 3. The number of benzene rings is 1. The molecule has 1 fully saturated rings. The number of primary amides is 1. The summed E-state index contributed by atoms with van der Waals surface area (Å²) in [5.41, 5.74) is 6.31. The number of hydrogen-bond donors (Lipinski definition) is 3. The fourth-order valence-corrected chi connectivity index (χ4v) is 3.28. The third kappa shape index (κ3) is 5.34. The van der Waals surface area contributed by atoms with E-state index in [1.807, 2.05) is 6.92 Å². The average Bonchev–Trinajstić information content (AvgIpc) is 2.91. The second-order valence-electron chi connectivity index (χ2n) is 5.71. The van der Waals surface area contributed by atoms with Crippen LogP contribution in [0.1, 0.15) is 35.9 Å². The van der Waals surface area contributed by atoms with Crippen LogP contribution < -0.4 is 5.73 Å². The summed E-state index contributed by atoms with van der Waals surface area (Å²) in [5, 5.41) is 0. The topological polar surface area (TPSA) is 138 Å². The zero-order valence-electron chi connectivity index (χ0n) is 14.6. The molecule has 1 aromatic carbocycles. The number of nitrogens with two attached hydrogens (primary N) is 1. The Morgan fingerprint density at radius 3 is 2.46 bits per heavy atom. The van der Waals surface area contributed by atoms with Crippen LogP contribution >= 0.6 is 7.82 Å². The highest BCUT2D eigenvalue weighted by Gasteiger charge is 2.47. The molecule has 10 heteroatoms. The molecule has 1 aliphatic rings. The van der Waals surface area contributed by atoms with E-state index in [2.05, 4.69) is 4.52 Å². The number of rotatable bonds is 9. The van der Waals surface area contributed by atoms with E-state index in [1.165, 1.54) is 0 Å². The fourth-order valence-electron chi connectivity index (χ4n) is 2.94. The summed E-state index contributed by atoms with van der Waals surface area (Å²) in [6.45, 7) is 4.00. The van der Waals surface area contributed by atoms with Crippen molar-refractivity contribution in [2.75, 3.05) is 19.8 Å². The lowest BCUT2D eigenvalue weighted by molar-refractivity contribution is -0.0653. The first-order chi connectivity index (χ1) is 12.3. The predicted octanol–water partition coefficient (Wildman–Crippen LogP) is 1.14. The highest BCUT2D eigenvalue weighted by Crippen LogP contribution is 2.41. The van der Waals surface area contributed by atoms with E-state index in [1.54, 1.807) is 31.2 Å². The summed E-state index contributed by atoms with van der Waals surface area (Å²) in [6, 6.07) is 6.63. The van der Waals surface area contributed by atoms with E-state index < -0.39 is 38.1 Å². The highest BCUT2D eigenvalue weighted by atomic mass is 31.2. The Morgan fingerprint density at radius 2 is 1.88 bits per heavy atom. The van der Waals surface area contributed by atoms with Crippen LogP contribution in [0.25, 0.3) is 0 Å². The Morgan fingerprint density at radius 1 is 1.23 bits per heavy atom. The van der Waals surface area contributed by atoms with Crippen molar-refractivity contribution in [1.82, 2.24) is 0 Å². The van der Waals surface area contributed by atoms with Crippen molar-refractivity contribution >= 4 is 13.7 Å². The molecule has 0 radical (unpaired) electrons. The van der Waals surface area contributed by atoms with Crippen LogP contribution in [0.4, 0.5) is 0 Å². The molecule has 1 aliphatic heterocycles. The maximum Gasteiger partial charge on any atom is 0.469 e. The maximum atomic E-state index is 11.4. The number of hydrogen-bond acceptors (Lipinski definition) is 6. The number of phosphoric ester groups is 1. The SMILES string of the molecule is CCOC1C(OCC)[C@@H](c2cccc(C(N)=O)c2)O[C@H]1COP(=O)(O)O. The van der Waals surface area contributed by atoms with Gasteiger partial charge in [0.15, 0.2) is 0 Å². The molecule has 1 aromatic rings. The molecule has 0 bridgehead atoms. The first-order valence-electron chi connectivity index (χ1n) is 8.25. The van der Waals surface area contributed by atoms with Gasteiger partial charge in [-0.2, -0.15) is 0 Å². The molecule has 146 valence electrons. The van der Waals surface area contributed by atoms with Crippen molar-refractivity contribution in [3.8, 4) is 0 Å². The normalized spacial score (nSPS) is 26.2. The van der Waals surface area contributed by atoms with E-state index in [0.717, 1.165) is 0 Å². The van der Waals surface area contributed by atoms with Gasteiger partial charge in [0.05, 0.1) is 6.61 Å². The largest absolute Gasteiger partial charge is 0.469 e. The van der Waals surface area contributed by atoms with Gasteiger partial charge in [-0.1, -0.05) is 12.1 Å². The number of carbonyl (C=O) groups is 1. The van der Waals surface area contributed by atoms with E-state index >= 15 is 0 Å². The Labute approximate surface area is 151 Å². The molecule has 1 saturated heterocycles. The van der Waals surface area contributed by atoms with E-state index in [9.17, 15) is 9.36 Å². The van der Waals surface area contributed by atoms with Crippen LogP contribution in [-0.4, -0.2) is 53.8 Å². The molecule has 1 heterocycles. The molecule has 9 nitrogen and oxygen atoms in total. The van der Waals surface area contributed by atoms with Gasteiger partial charge in [-0.25, -0.2) is 4.57 Å². The van der Waals surface area contributed by atoms with Crippen molar-refractivity contribution in [2.45, 2.75) is 38.3 Å². The van der Waals surface area contributed by atoms with Crippen molar-refractivity contribution in [3.05, 3.63) is 35.4 Å². The van der Waals surface area contributed by atoms with Gasteiger partial charge in [0, 0.05) is 18.8 Å². The first kappa shape index (κ1) is 21.0. The van der Waals surface area contributed by atoms with Crippen molar-refractivity contribution < 1.29 is 37.9 Å². The smallest absolute Gasteiger partial charge is 0.373 e. The minimum Gasteiger partial charge on any atom is -0.373 e. The van der Waals surface area contributed by atoms with Crippen molar-refractivity contribution in [2.24, 2.45) is 5.73 Å². The Bertz CT molecular complexity index is 663. The summed E-state index contributed by atoms with van der Waals surface area (Å²) >= 11 is 0. The first-order valence-corrected chi connectivity index (χ1v) is 9.78. The Kier molecular flexibility index (Phi) is 7.31. The second-order valence-corrected chi connectivity index (χ2v) is 6.95. The van der Waals surface area contributed by atoms with Gasteiger partial charge in [-0.15, -0.1) is 0 Å². The summed E-state index contributed by atoms with van der Waals surface area (Å²) in [7, 11) is -4.65. The average molecular weight is 389 g/mol. The molecular weight excluding hydrogens is 365 g/mol. The fraction of sp³-hybridized carbons (Fsp3) is 0.562. The molecule has 26 heavy (non-hydrogen) atoms. The van der Waals surface area contributed by atoms with Gasteiger partial charge in [-0.05, 0) is 31.5 Å². The minimum atomic E-state index is -4.65. The summed E-state index contributed by atoms with van der Waals surface area (Å²) < 4.78 is 33.0. The van der Waals surface area contributed by atoms with Gasteiger partial charge in [0.1, 0.15) is 24.4 Å². The molecule has 0 saturated carbocycles. The minimum absolute atomic E-state index is 0.323. The van der Waals surface area contributed by atoms with Gasteiger partial charge in [-0.3, -0.25) is 9.32 Å². The zero-order valence-corrected chi connectivity index (χ0v) is 15.5. The highest BCUT2D eigenvalue weighted by molar-refractivity contribution is 7.46. The van der Waals surface area contributed by atoms with Gasteiger partial charge < -0.3 is 29.7 Å². The lowest BCUT2D eigenvalue weighted by Crippen LogP contribution is -2.37. The van der Waals surface area contributed by atoms with E-state index in [0.29, 0.717) is 24.3 Å². The van der Waals surface area contributed by atoms with Gasteiger partial charge in [0.25, 0.3) is 0 Å². The summed E-state index contributed by atoms with van der Waals surface area (Å²) in [5.74, 6) is -0.569. The van der Waals surface area contributed by atoms with Crippen molar-refractivity contribution in [1.29, 1.82) is 0 Å². The van der Waals surface area contributed by atoms with E-state index in [-0.39, 0.29) is 6.61 Å². The molecule has 0 spiro atoms. The van der Waals surface area contributed by atoms with Crippen LogP contribution in [0.2, 0.25) is 0 Å². The van der Waals surface area contributed by atoms with Crippen LogP contribution in [0, 0.1) is 0 Å². The van der Waals surface area contributed by atoms with Crippen molar-refractivity contribution in [3.63, 3.8) is 0 Å². The second kappa shape index (κ2) is 9.05. The Hall–Kier alpha value is -1.32. The number of phosphoric acid groups is 1. The number of amides is 1. The molecule has 0 aliphatic carbocycles. The molecule has 2 rings (SSSR count). The predicted molar refractivity (Wildman–Crippen MR) is 91.4 cm³/mol. The van der Waals surface area contributed by atoms with Gasteiger partial charge >= 0.3 is 7.82 Å². The molecule has 4 atom stereocenters. The van der Waals surface area contributed by atoms with Crippen LogP contribution in [0.15, 0.2) is 24.3 Å². The summed E-state index contributed by atoms with van der Waals surface area (Å²) in [6.07, 6.45) is -2.47. The monoisotopic (exact) mass is 389 g/mol. The van der Waals surface area contributed by atoms with Crippen LogP contribution in [0.5, 0.6) is 0 Å². The number of carbonyl (C=O) groups excluding carboxylic acids is 1. The lowest BCUT2D eigenvalue weighted by atomic mass is 9.99. The third-order valence-electron chi connectivity index (χ3n) is 3.93. The molecule has 4 N–H and O–H groups in total. The summed E-state index contributed by atoms with van der Waals surface area (Å²) in [4.78, 5) is 29.3. The molecule has 1 amide bonds. The quantitative estimate of drug-likeness (QED) is 0.535. The molecular formula is C16H24NO8P. The molecule has 2 unspecified atom stereocenters. The van der Waals surface area contributed by atoms with Crippen LogP contribution in [0.3, 0.4) is 0 Å². The van der Waals surface area contributed by atoms with E-state index in [4.69, 9.17) is 29.7 Å². The van der Waals surface area contributed by atoms with Crippen LogP contribution in [-0.2, 0) is 23.3 Å². The third-order valence-corrected chi connectivity index (χ3v) is 4.42. The Balaban J connectivity index is 2.30. The maximum absolute atomic E-state index is 11.4. The standard InChI is InChI=1S/C16H24NO8P/c1-3-22-14-12(9-24-26(19,20)21)25-13(15(14)23-4-2)10-6-5-7-11(8-10)16(17)18/h5-8,12-15H,3-4,9H2,1-2H3,(H2,17,18)(H2,19,20,21)/t12-,13+,14?,15?/m0/s1. The zero-order chi connectivity index (χ0) is 19.3. The molecule has 0 aromatic heterocycles. The lowest BCUT2D eigenvalue weighted by Gasteiger charge is -2.24.